The molecule has 1 aliphatic rings. The summed E-state index contributed by atoms with van der Waals surface area (Å²) in [6.45, 7) is 2.73. The Kier molecular flexibility index (Phi) is 3.98. The van der Waals surface area contributed by atoms with Gasteiger partial charge in [-0.25, -0.2) is 8.42 Å². The van der Waals surface area contributed by atoms with E-state index in [9.17, 15) is 13.2 Å². The van der Waals surface area contributed by atoms with E-state index in [0.29, 0.717) is 12.1 Å². The van der Waals surface area contributed by atoms with Gasteiger partial charge >= 0.3 is 0 Å². The number of sulfone groups is 1. The van der Waals surface area contributed by atoms with E-state index in [1.54, 1.807) is 17.0 Å². The number of rotatable bonds is 2. The summed E-state index contributed by atoms with van der Waals surface area (Å²) in [6, 6.07) is 12.3. The van der Waals surface area contributed by atoms with Gasteiger partial charge in [0.2, 0.25) is 0 Å². The molecular formula is C18H19NO3S. The highest BCUT2D eigenvalue weighted by Gasteiger charge is 2.23. The normalized spacial score (nSPS) is 14.4. The van der Waals surface area contributed by atoms with Gasteiger partial charge in [-0.15, -0.1) is 0 Å². The number of aryl methyl sites for hydroxylation is 2. The van der Waals surface area contributed by atoms with E-state index >= 15 is 0 Å². The molecule has 0 unspecified atom stereocenters. The van der Waals surface area contributed by atoms with Crippen LogP contribution in [-0.2, 0) is 16.3 Å². The minimum absolute atomic E-state index is 0.0881. The number of amides is 1. The van der Waals surface area contributed by atoms with Crippen molar-refractivity contribution >= 4 is 21.4 Å². The minimum Gasteiger partial charge on any atom is -0.308 e. The zero-order valence-electron chi connectivity index (χ0n) is 13.2. The van der Waals surface area contributed by atoms with Crippen LogP contribution in [0.3, 0.4) is 0 Å². The lowest BCUT2D eigenvalue weighted by atomic mass is 9.99. The van der Waals surface area contributed by atoms with Gasteiger partial charge in [0.05, 0.1) is 4.90 Å². The van der Waals surface area contributed by atoms with Crippen LogP contribution >= 0.6 is 0 Å². The Hall–Kier alpha value is -2.14. The van der Waals surface area contributed by atoms with E-state index in [1.807, 2.05) is 19.1 Å². The largest absolute Gasteiger partial charge is 0.308 e. The van der Waals surface area contributed by atoms with Crippen LogP contribution in [0.15, 0.2) is 47.4 Å². The smallest absolute Gasteiger partial charge is 0.258 e. The van der Waals surface area contributed by atoms with Crippen molar-refractivity contribution in [3.8, 4) is 0 Å². The van der Waals surface area contributed by atoms with Crippen molar-refractivity contribution in [1.82, 2.24) is 0 Å². The molecule has 0 radical (unpaired) electrons. The average Bonchev–Trinajstić information content (AvgIpc) is 2.52. The van der Waals surface area contributed by atoms with E-state index in [-0.39, 0.29) is 10.8 Å². The molecule has 0 atom stereocenters. The summed E-state index contributed by atoms with van der Waals surface area (Å²) in [6.07, 6.45) is 3.07. The topological polar surface area (TPSA) is 54.5 Å². The van der Waals surface area contributed by atoms with Gasteiger partial charge in [0.15, 0.2) is 9.84 Å². The molecule has 1 heterocycles. The Morgan fingerprint density at radius 2 is 1.78 bits per heavy atom. The zero-order valence-corrected chi connectivity index (χ0v) is 14.1. The number of carbonyl (C=O) groups is 1. The SMILES string of the molecule is Cc1ccc2c(c1)CCCN2C(=O)c1ccc(S(C)(=O)=O)cc1. The molecule has 23 heavy (non-hydrogen) atoms. The molecule has 0 spiro atoms. The van der Waals surface area contributed by atoms with Crippen LogP contribution in [0, 0.1) is 6.92 Å². The van der Waals surface area contributed by atoms with Crippen LogP contribution in [-0.4, -0.2) is 27.1 Å². The quantitative estimate of drug-likeness (QED) is 0.851. The molecule has 0 saturated heterocycles. The number of fused-ring (bicyclic) bond motifs is 1. The van der Waals surface area contributed by atoms with Gasteiger partial charge in [0, 0.05) is 24.1 Å². The second-order valence-corrected chi connectivity index (χ2v) is 8.00. The number of nitrogens with zero attached hydrogens (tertiary/aromatic N) is 1. The lowest BCUT2D eigenvalue weighted by Crippen LogP contribution is -2.35. The summed E-state index contributed by atoms with van der Waals surface area (Å²) >= 11 is 0. The number of hydrogen-bond acceptors (Lipinski definition) is 3. The highest BCUT2D eigenvalue weighted by Crippen LogP contribution is 2.29. The van der Waals surface area contributed by atoms with Crippen LogP contribution in [0.5, 0.6) is 0 Å². The maximum Gasteiger partial charge on any atom is 0.258 e. The minimum atomic E-state index is -3.25. The molecule has 1 aliphatic heterocycles. The van der Waals surface area contributed by atoms with Gasteiger partial charge in [-0.1, -0.05) is 17.7 Å². The molecule has 0 saturated carbocycles. The first-order chi connectivity index (χ1) is 10.9. The first-order valence-corrected chi connectivity index (χ1v) is 9.47. The maximum atomic E-state index is 12.8. The van der Waals surface area contributed by atoms with Crippen molar-refractivity contribution in [3.05, 3.63) is 59.2 Å². The van der Waals surface area contributed by atoms with E-state index in [4.69, 9.17) is 0 Å². The van der Waals surface area contributed by atoms with Gasteiger partial charge in [0.1, 0.15) is 0 Å². The Balaban J connectivity index is 1.93. The molecule has 2 aromatic rings. The molecule has 0 aromatic heterocycles. The Morgan fingerprint density at radius 1 is 1.09 bits per heavy atom. The lowest BCUT2D eigenvalue weighted by molar-refractivity contribution is 0.0985. The van der Waals surface area contributed by atoms with Gasteiger partial charge in [0.25, 0.3) is 5.91 Å². The number of hydrogen-bond donors (Lipinski definition) is 0. The standard InChI is InChI=1S/C18H19NO3S/c1-13-5-10-17-15(12-13)4-3-11-19(17)18(20)14-6-8-16(9-7-14)23(2,21)22/h5-10,12H,3-4,11H2,1-2H3. The maximum absolute atomic E-state index is 12.8. The fourth-order valence-corrected chi connectivity index (χ4v) is 3.57. The van der Waals surface area contributed by atoms with Crippen LogP contribution in [0.2, 0.25) is 0 Å². The van der Waals surface area contributed by atoms with Crippen molar-refractivity contribution in [2.75, 3.05) is 17.7 Å². The summed E-state index contributed by atoms with van der Waals surface area (Å²) in [5.41, 5.74) is 3.85. The zero-order chi connectivity index (χ0) is 16.6. The first kappa shape index (κ1) is 15.7. The summed E-state index contributed by atoms with van der Waals surface area (Å²) in [5.74, 6) is -0.0881. The van der Waals surface area contributed by atoms with Crippen LogP contribution < -0.4 is 4.90 Å². The summed E-state index contributed by atoms with van der Waals surface area (Å²) < 4.78 is 23.0. The summed E-state index contributed by atoms with van der Waals surface area (Å²) in [4.78, 5) is 14.8. The monoisotopic (exact) mass is 329 g/mol. The third kappa shape index (κ3) is 3.15. The Labute approximate surface area is 136 Å². The molecule has 0 bridgehead atoms. The average molecular weight is 329 g/mol. The lowest BCUT2D eigenvalue weighted by Gasteiger charge is -2.30. The van der Waals surface area contributed by atoms with E-state index in [2.05, 4.69) is 6.07 Å². The Morgan fingerprint density at radius 3 is 2.43 bits per heavy atom. The predicted molar refractivity (Wildman–Crippen MR) is 90.7 cm³/mol. The highest BCUT2D eigenvalue weighted by atomic mass is 32.2. The molecule has 0 N–H and O–H groups in total. The van der Waals surface area contributed by atoms with Gasteiger partial charge < -0.3 is 4.90 Å². The Bertz CT molecular complexity index is 854. The van der Waals surface area contributed by atoms with E-state index in [1.165, 1.54) is 23.3 Å². The van der Waals surface area contributed by atoms with Crippen molar-refractivity contribution in [2.24, 2.45) is 0 Å². The molecule has 1 amide bonds. The van der Waals surface area contributed by atoms with Crippen molar-refractivity contribution in [1.29, 1.82) is 0 Å². The molecule has 4 nitrogen and oxygen atoms in total. The number of carbonyl (C=O) groups excluding carboxylic acids is 1. The molecule has 3 rings (SSSR count). The fourth-order valence-electron chi connectivity index (χ4n) is 2.94. The second-order valence-electron chi connectivity index (χ2n) is 5.99. The molecular weight excluding hydrogens is 310 g/mol. The molecule has 2 aromatic carbocycles. The van der Waals surface area contributed by atoms with Crippen molar-refractivity contribution in [3.63, 3.8) is 0 Å². The number of anilines is 1. The molecule has 0 aliphatic carbocycles. The summed E-state index contributed by atoms with van der Waals surface area (Å²) in [5, 5.41) is 0. The second kappa shape index (κ2) is 5.81. The molecule has 0 fully saturated rings. The van der Waals surface area contributed by atoms with E-state index < -0.39 is 9.84 Å². The third-order valence-corrected chi connectivity index (χ3v) is 5.26. The summed E-state index contributed by atoms with van der Waals surface area (Å²) in [7, 11) is -3.25. The first-order valence-electron chi connectivity index (χ1n) is 7.58. The van der Waals surface area contributed by atoms with Crippen LogP contribution in [0.1, 0.15) is 27.9 Å². The number of benzene rings is 2. The van der Waals surface area contributed by atoms with Crippen LogP contribution in [0.4, 0.5) is 5.69 Å². The third-order valence-electron chi connectivity index (χ3n) is 4.13. The fraction of sp³-hybridized carbons (Fsp3) is 0.278. The predicted octanol–water partition coefficient (Wildman–Crippen LogP) is 2.99. The highest BCUT2D eigenvalue weighted by molar-refractivity contribution is 7.90. The van der Waals surface area contributed by atoms with Gasteiger partial charge in [-0.3, -0.25) is 4.79 Å². The van der Waals surface area contributed by atoms with E-state index in [0.717, 1.165) is 24.8 Å². The van der Waals surface area contributed by atoms with Gasteiger partial charge in [-0.05, 0) is 55.7 Å². The molecule has 120 valence electrons. The van der Waals surface area contributed by atoms with Crippen LogP contribution in [0.25, 0.3) is 0 Å². The van der Waals surface area contributed by atoms with Gasteiger partial charge in [-0.2, -0.15) is 0 Å². The van der Waals surface area contributed by atoms with Crippen molar-refractivity contribution in [2.45, 2.75) is 24.7 Å². The molecule has 5 heteroatoms. The van der Waals surface area contributed by atoms with Crippen molar-refractivity contribution < 1.29 is 13.2 Å².